The first-order chi connectivity index (χ1) is 29.6. The quantitative estimate of drug-likeness (QED) is 0.164. The predicted molar refractivity (Wildman–Crippen MR) is 236 cm³/mol. The minimum atomic E-state index is -0.140. The summed E-state index contributed by atoms with van der Waals surface area (Å²) < 4.78 is 38.0. The zero-order chi connectivity index (χ0) is 39.5. The molecule has 0 spiro atoms. The van der Waals surface area contributed by atoms with Gasteiger partial charge >= 0.3 is 0 Å². The number of aryl methyl sites for hydroxylation is 1. The molecule has 7 aromatic rings. The van der Waals surface area contributed by atoms with E-state index < -0.39 is 0 Å². The number of hydrogen-bond acceptors (Lipinski definition) is 8. The van der Waals surface area contributed by atoms with Crippen LogP contribution < -0.4 is 20.7 Å². The molecular weight excluding hydrogens is 747 g/mol. The minimum Gasteiger partial charge on any atom is -0.493 e. The van der Waals surface area contributed by atoms with Crippen molar-refractivity contribution in [1.29, 1.82) is 0 Å². The Labute approximate surface area is 347 Å². The van der Waals surface area contributed by atoms with Gasteiger partial charge in [-0.25, -0.2) is 0 Å². The number of nitrogens with zero attached hydrogens (tertiary/aromatic N) is 2. The average molecular weight is 787 g/mol. The zero-order valence-corrected chi connectivity index (χ0v) is 33.0. The lowest BCUT2D eigenvalue weighted by Gasteiger charge is -2.49. The van der Waals surface area contributed by atoms with Crippen LogP contribution in [0.25, 0.3) is 44.6 Å². The van der Waals surface area contributed by atoms with Gasteiger partial charge in [0.25, 0.3) is 6.71 Å². The molecule has 2 atom stereocenters. The molecule has 2 aliphatic carbocycles. The van der Waals surface area contributed by atoms with Gasteiger partial charge < -0.3 is 37.6 Å². The lowest BCUT2D eigenvalue weighted by Crippen LogP contribution is -2.58. The second-order valence-corrected chi connectivity index (χ2v) is 16.4. The van der Waals surface area contributed by atoms with Crippen LogP contribution in [0.5, 0.6) is 0 Å². The molecule has 2 aromatic heterocycles. The van der Waals surface area contributed by atoms with Gasteiger partial charge in [0.1, 0.15) is 54.4 Å². The molecule has 0 amide bonds. The second-order valence-electron chi connectivity index (χ2n) is 16.4. The lowest BCUT2D eigenvalue weighted by molar-refractivity contribution is -0.0430. The number of para-hydroxylation sites is 2. The molecular formula is C51H39BN2O6. The van der Waals surface area contributed by atoms with E-state index in [-0.39, 0.29) is 18.9 Å². The summed E-state index contributed by atoms with van der Waals surface area (Å²) in [6, 6.07) is 41.0. The van der Waals surface area contributed by atoms with Gasteiger partial charge in [0.05, 0.1) is 12.6 Å². The van der Waals surface area contributed by atoms with E-state index in [9.17, 15) is 0 Å². The van der Waals surface area contributed by atoms with Crippen molar-refractivity contribution in [1.82, 2.24) is 0 Å². The number of allylic oxidation sites excluding steroid dienone is 2. The molecule has 8 nitrogen and oxygen atoms in total. The third-order valence-electron chi connectivity index (χ3n) is 12.8. The summed E-state index contributed by atoms with van der Waals surface area (Å²) >= 11 is 0. The molecule has 0 saturated carbocycles. The van der Waals surface area contributed by atoms with Crippen molar-refractivity contribution in [3.63, 3.8) is 0 Å². The molecule has 2 fully saturated rings. The van der Waals surface area contributed by atoms with Crippen molar-refractivity contribution in [2.45, 2.75) is 31.9 Å². The number of anilines is 4. The summed E-state index contributed by atoms with van der Waals surface area (Å²) in [6.07, 6.45) is 8.10. The van der Waals surface area contributed by atoms with E-state index in [0.717, 1.165) is 85.3 Å². The molecule has 2 saturated heterocycles. The van der Waals surface area contributed by atoms with E-state index in [4.69, 9.17) is 27.8 Å². The number of fused-ring (bicyclic) bond motifs is 7. The van der Waals surface area contributed by atoms with Crippen LogP contribution in [0.4, 0.5) is 22.7 Å². The molecule has 0 bridgehead atoms. The van der Waals surface area contributed by atoms with E-state index in [1.54, 1.807) is 0 Å². The first-order valence-corrected chi connectivity index (χ1v) is 20.9. The van der Waals surface area contributed by atoms with Crippen LogP contribution >= 0.6 is 0 Å². The average Bonchev–Trinajstić information content (AvgIpc) is 3.93. The fourth-order valence-electron chi connectivity index (χ4n) is 10.3. The molecule has 60 heavy (non-hydrogen) atoms. The highest BCUT2D eigenvalue weighted by Gasteiger charge is 2.48. The standard InChI is InChI=1S/C51H39BN2O6/c1-30-21-41-51-42(22-30)54(36-14-16-45-48(27-36)56-18-17-55-45)40-29-50-49(57-19-20-58-50)28-38(40)52(51)37-15-13-34(47-26-33-8-3-5-12-44(33)60-47)24-39(37)53(41)35-10-6-9-31(23-35)46-25-32-7-2-4-11-43(32)59-46/h2-13,15-16,21-28,36,50H,14,17-20,29H2,1H3. The summed E-state index contributed by atoms with van der Waals surface area (Å²) in [5.41, 5.74) is 14.4. The van der Waals surface area contributed by atoms with Crippen LogP contribution in [0.1, 0.15) is 18.4 Å². The van der Waals surface area contributed by atoms with Crippen LogP contribution in [-0.2, 0) is 18.9 Å². The van der Waals surface area contributed by atoms with Crippen LogP contribution in [0.15, 0.2) is 171 Å². The Morgan fingerprint density at radius 2 is 1.38 bits per heavy atom. The number of rotatable bonds is 4. The highest BCUT2D eigenvalue weighted by atomic mass is 16.6. The predicted octanol–water partition coefficient (Wildman–Crippen LogP) is 10.1. The largest absolute Gasteiger partial charge is 0.493 e. The summed E-state index contributed by atoms with van der Waals surface area (Å²) in [6.45, 7) is 4.38. The van der Waals surface area contributed by atoms with Crippen molar-refractivity contribution in [3.8, 4) is 22.6 Å². The Morgan fingerprint density at radius 1 is 0.650 bits per heavy atom. The number of benzene rings is 5. The van der Waals surface area contributed by atoms with E-state index in [1.165, 1.54) is 33.3 Å². The van der Waals surface area contributed by atoms with E-state index in [1.807, 2.05) is 24.3 Å². The van der Waals surface area contributed by atoms with Crippen molar-refractivity contribution >= 4 is 62.3 Å². The molecule has 0 radical (unpaired) electrons. The first kappa shape index (κ1) is 34.1. The van der Waals surface area contributed by atoms with E-state index >= 15 is 0 Å². The molecule has 13 rings (SSSR count). The first-order valence-electron chi connectivity index (χ1n) is 20.9. The smallest absolute Gasteiger partial charge is 0.251 e. The topological polar surface area (TPSA) is 69.7 Å². The fourth-order valence-corrected chi connectivity index (χ4v) is 10.3. The second kappa shape index (κ2) is 13.1. The van der Waals surface area contributed by atoms with Crippen LogP contribution in [0, 0.1) is 6.92 Å². The normalized spacial score (nSPS) is 20.1. The van der Waals surface area contributed by atoms with Gasteiger partial charge in [-0.15, -0.1) is 0 Å². The Balaban J connectivity index is 1.05. The molecule has 0 N–H and O–H groups in total. The van der Waals surface area contributed by atoms with Gasteiger partial charge in [0.2, 0.25) is 0 Å². The third kappa shape index (κ3) is 5.21. The fraction of sp³-hybridized carbons (Fsp3) is 0.176. The Hall–Kier alpha value is -6.84. The van der Waals surface area contributed by atoms with Gasteiger partial charge in [-0.2, -0.15) is 0 Å². The third-order valence-corrected chi connectivity index (χ3v) is 12.8. The molecule has 292 valence electrons. The SMILES string of the molecule is Cc1cc2c3c(c1)N(C1C=C4OCCOC4=CC1)C1=C(C=C4OCCOC4C1)B3c1ccc(-c3cc4ccccc4o3)cc1N2c1cccc(-c2cc3ccccc3o2)c1. The van der Waals surface area contributed by atoms with Crippen LogP contribution in [-0.4, -0.2) is 45.3 Å². The zero-order valence-electron chi connectivity index (χ0n) is 33.0. The number of hydrogen-bond donors (Lipinski definition) is 0. The maximum atomic E-state index is 6.51. The van der Waals surface area contributed by atoms with Crippen molar-refractivity contribution in [3.05, 3.63) is 167 Å². The monoisotopic (exact) mass is 786 g/mol. The van der Waals surface area contributed by atoms with Gasteiger partial charge in [-0.05, 0) is 108 Å². The Kier molecular flexibility index (Phi) is 7.43. The van der Waals surface area contributed by atoms with Gasteiger partial charge in [0, 0.05) is 56.8 Å². The molecule has 6 heterocycles. The molecule has 4 aliphatic heterocycles. The highest BCUT2D eigenvalue weighted by molar-refractivity contribution is 6.95. The van der Waals surface area contributed by atoms with E-state index in [2.05, 4.69) is 126 Å². The molecule has 9 heteroatoms. The Morgan fingerprint density at radius 3 is 2.18 bits per heavy atom. The number of ether oxygens (including phenoxy) is 4. The Bertz CT molecular complexity index is 3010. The maximum absolute atomic E-state index is 6.51. The van der Waals surface area contributed by atoms with Crippen LogP contribution in [0.2, 0.25) is 0 Å². The summed E-state index contributed by atoms with van der Waals surface area (Å²) in [4.78, 5) is 5.02. The van der Waals surface area contributed by atoms with Crippen molar-refractivity contribution < 1.29 is 27.8 Å². The number of furan rings is 2. The van der Waals surface area contributed by atoms with Crippen LogP contribution in [0.3, 0.4) is 0 Å². The highest BCUT2D eigenvalue weighted by Crippen LogP contribution is 2.48. The summed E-state index contributed by atoms with van der Waals surface area (Å²) in [7, 11) is 0. The van der Waals surface area contributed by atoms with Crippen molar-refractivity contribution in [2.75, 3.05) is 36.2 Å². The van der Waals surface area contributed by atoms with E-state index in [0.29, 0.717) is 32.8 Å². The minimum absolute atomic E-state index is 0.00322. The summed E-state index contributed by atoms with van der Waals surface area (Å²) in [5.74, 6) is 4.24. The maximum Gasteiger partial charge on any atom is 0.251 e. The van der Waals surface area contributed by atoms with Crippen molar-refractivity contribution in [2.24, 2.45) is 0 Å². The van der Waals surface area contributed by atoms with Gasteiger partial charge in [0.15, 0.2) is 11.5 Å². The molecule has 6 aliphatic rings. The van der Waals surface area contributed by atoms with Gasteiger partial charge in [-0.1, -0.05) is 60.7 Å². The summed E-state index contributed by atoms with van der Waals surface area (Å²) in [5, 5.41) is 2.16. The van der Waals surface area contributed by atoms with Gasteiger partial charge in [-0.3, -0.25) is 0 Å². The molecule has 5 aromatic carbocycles. The lowest BCUT2D eigenvalue weighted by atomic mass is 9.32. The molecule has 2 unspecified atom stereocenters.